The summed E-state index contributed by atoms with van der Waals surface area (Å²) in [4.78, 5) is 0. The van der Waals surface area contributed by atoms with Crippen LogP contribution in [0.5, 0.6) is 0 Å². The normalized spacial score (nSPS) is 40.3. The van der Waals surface area contributed by atoms with E-state index >= 15 is 0 Å². The Hall–Kier alpha value is 0. The molecule has 2 aliphatic carbocycles. The van der Waals surface area contributed by atoms with Gasteiger partial charge in [-0.3, -0.25) is 0 Å². The van der Waals surface area contributed by atoms with E-state index in [9.17, 15) is 0 Å². The highest BCUT2D eigenvalue weighted by atomic mass is 14.4. The zero-order valence-electron chi connectivity index (χ0n) is 4.61. The van der Waals surface area contributed by atoms with Gasteiger partial charge in [-0.05, 0) is 37.5 Å². The summed E-state index contributed by atoms with van der Waals surface area (Å²) < 4.78 is 0. The molecule has 0 heterocycles. The first kappa shape index (κ1) is 3.94. The molecule has 0 saturated heterocycles. The highest BCUT2D eigenvalue weighted by molar-refractivity contribution is 5.09. The molecule has 0 heteroatoms. The van der Waals surface area contributed by atoms with Gasteiger partial charge in [0.05, 0.1) is 0 Å². The van der Waals surface area contributed by atoms with Gasteiger partial charge in [-0.2, -0.15) is 0 Å². The molecule has 2 rings (SSSR count). The van der Waals surface area contributed by atoms with Crippen molar-refractivity contribution in [2.24, 2.45) is 5.92 Å². The second-order valence-electron chi connectivity index (χ2n) is 2.79. The van der Waals surface area contributed by atoms with Crippen molar-refractivity contribution in [3.63, 3.8) is 0 Å². The van der Waals surface area contributed by atoms with Crippen molar-refractivity contribution < 1.29 is 0 Å². The fraction of sp³-hybridized carbons (Fsp3) is 0.857. The lowest BCUT2D eigenvalue weighted by atomic mass is 9.77. The Morgan fingerprint density at radius 1 is 1.14 bits per heavy atom. The molecule has 2 saturated carbocycles. The third kappa shape index (κ3) is 0.427. The number of hydrogen-bond acceptors (Lipinski definition) is 0. The maximum absolute atomic E-state index is 1.89. The summed E-state index contributed by atoms with van der Waals surface area (Å²) in [5, 5.41) is 0. The van der Waals surface area contributed by atoms with E-state index in [4.69, 9.17) is 0 Å². The molecule has 1 atom stereocenters. The first-order chi connectivity index (χ1) is 3.47. The zero-order valence-corrected chi connectivity index (χ0v) is 4.61. The SMILES string of the molecule is C1C[C]2CC[C@@H]2C1. The molecule has 2 fully saturated rings. The molecule has 0 amide bonds. The van der Waals surface area contributed by atoms with Gasteiger partial charge in [0.25, 0.3) is 0 Å². The lowest BCUT2D eigenvalue weighted by Crippen LogP contribution is -2.16. The Bertz CT molecular complexity index is 66.1. The fourth-order valence-corrected chi connectivity index (χ4v) is 1.81. The van der Waals surface area contributed by atoms with Crippen LogP contribution >= 0.6 is 0 Å². The van der Waals surface area contributed by atoms with E-state index in [1.54, 1.807) is 0 Å². The summed E-state index contributed by atoms with van der Waals surface area (Å²) in [6, 6.07) is 0. The van der Waals surface area contributed by atoms with Crippen molar-refractivity contribution in [1.29, 1.82) is 0 Å². The van der Waals surface area contributed by atoms with Gasteiger partial charge in [-0.1, -0.05) is 6.42 Å². The summed E-state index contributed by atoms with van der Waals surface area (Å²) in [6.45, 7) is 0. The van der Waals surface area contributed by atoms with Crippen LogP contribution in [0.2, 0.25) is 0 Å². The molecule has 0 aromatic rings. The largest absolute Gasteiger partial charge is 0.0525 e. The first-order valence-corrected chi connectivity index (χ1v) is 3.31. The molecule has 0 aliphatic heterocycles. The molecular formula is C7H11. The number of hydrogen-bond donors (Lipinski definition) is 0. The standard InChI is InChI=1S/C7H11/c1-2-6-4-5-7(6)3-1/h6H,1-5H2/t6-/m0/s1. The van der Waals surface area contributed by atoms with Gasteiger partial charge in [-0.25, -0.2) is 0 Å². The van der Waals surface area contributed by atoms with Gasteiger partial charge in [0.2, 0.25) is 0 Å². The fourth-order valence-electron chi connectivity index (χ4n) is 1.81. The highest BCUT2D eigenvalue weighted by Crippen LogP contribution is 2.48. The van der Waals surface area contributed by atoms with Crippen molar-refractivity contribution in [3.05, 3.63) is 5.92 Å². The Kier molecular flexibility index (Phi) is 0.697. The smallest absolute Gasteiger partial charge is 0.0210 e. The first-order valence-electron chi connectivity index (χ1n) is 3.31. The zero-order chi connectivity index (χ0) is 4.69. The van der Waals surface area contributed by atoms with Crippen LogP contribution in [-0.4, -0.2) is 0 Å². The van der Waals surface area contributed by atoms with E-state index in [1.165, 1.54) is 32.1 Å². The van der Waals surface area contributed by atoms with Gasteiger partial charge >= 0.3 is 0 Å². The van der Waals surface area contributed by atoms with Crippen LogP contribution in [0, 0.1) is 11.8 Å². The number of rotatable bonds is 0. The molecule has 0 nitrogen and oxygen atoms in total. The third-order valence-electron chi connectivity index (χ3n) is 2.44. The minimum atomic E-state index is 1.11. The van der Waals surface area contributed by atoms with E-state index in [-0.39, 0.29) is 0 Å². The monoisotopic (exact) mass is 95.1 g/mol. The van der Waals surface area contributed by atoms with E-state index < -0.39 is 0 Å². The molecule has 0 unspecified atom stereocenters. The van der Waals surface area contributed by atoms with Gasteiger partial charge in [0.15, 0.2) is 0 Å². The van der Waals surface area contributed by atoms with E-state index in [0.29, 0.717) is 0 Å². The van der Waals surface area contributed by atoms with Gasteiger partial charge in [0, 0.05) is 0 Å². The average Bonchev–Trinajstić information content (AvgIpc) is 1.85. The molecule has 0 N–H and O–H groups in total. The Morgan fingerprint density at radius 3 is 2.43 bits per heavy atom. The molecule has 1 radical (unpaired) electrons. The average molecular weight is 95.2 g/mol. The Balaban J connectivity index is 2.03. The molecule has 7 heavy (non-hydrogen) atoms. The topological polar surface area (TPSA) is 0 Å². The minimum Gasteiger partial charge on any atom is -0.0525 e. The van der Waals surface area contributed by atoms with Gasteiger partial charge in [0.1, 0.15) is 0 Å². The number of fused-ring (bicyclic) bond motifs is 1. The van der Waals surface area contributed by atoms with Crippen LogP contribution < -0.4 is 0 Å². The summed E-state index contributed by atoms with van der Waals surface area (Å²) in [5.74, 6) is 3.00. The lowest BCUT2D eigenvalue weighted by molar-refractivity contribution is 0.393. The second kappa shape index (κ2) is 1.24. The Labute approximate surface area is 44.9 Å². The summed E-state index contributed by atoms with van der Waals surface area (Å²) in [7, 11) is 0. The van der Waals surface area contributed by atoms with Crippen molar-refractivity contribution >= 4 is 0 Å². The van der Waals surface area contributed by atoms with Crippen LogP contribution in [-0.2, 0) is 0 Å². The van der Waals surface area contributed by atoms with Crippen LogP contribution in [0.15, 0.2) is 0 Å². The van der Waals surface area contributed by atoms with E-state index in [0.717, 1.165) is 5.92 Å². The van der Waals surface area contributed by atoms with Crippen LogP contribution in [0.25, 0.3) is 0 Å². The molecule has 0 aromatic heterocycles. The van der Waals surface area contributed by atoms with Crippen molar-refractivity contribution in [3.8, 4) is 0 Å². The van der Waals surface area contributed by atoms with E-state index in [2.05, 4.69) is 0 Å². The van der Waals surface area contributed by atoms with Crippen molar-refractivity contribution in [2.45, 2.75) is 32.1 Å². The summed E-state index contributed by atoms with van der Waals surface area (Å²) in [6.07, 6.45) is 7.50. The maximum Gasteiger partial charge on any atom is -0.0210 e. The van der Waals surface area contributed by atoms with Crippen LogP contribution in [0.3, 0.4) is 0 Å². The summed E-state index contributed by atoms with van der Waals surface area (Å²) >= 11 is 0. The van der Waals surface area contributed by atoms with Gasteiger partial charge in [-0.15, -0.1) is 0 Å². The quantitative estimate of drug-likeness (QED) is 0.432. The van der Waals surface area contributed by atoms with Crippen molar-refractivity contribution in [2.75, 3.05) is 0 Å². The maximum atomic E-state index is 1.89. The second-order valence-corrected chi connectivity index (χ2v) is 2.79. The van der Waals surface area contributed by atoms with Crippen LogP contribution in [0.1, 0.15) is 32.1 Å². The third-order valence-corrected chi connectivity index (χ3v) is 2.44. The van der Waals surface area contributed by atoms with Crippen molar-refractivity contribution in [1.82, 2.24) is 0 Å². The summed E-state index contributed by atoms with van der Waals surface area (Å²) in [5.41, 5.74) is 0. The molecule has 0 aromatic carbocycles. The lowest BCUT2D eigenvalue weighted by Gasteiger charge is -2.28. The predicted octanol–water partition coefficient (Wildman–Crippen LogP) is 2.15. The van der Waals surface area contributed by atoms with Crippen LogP contribution in [0.4, 0.5) is 0 Å². The van der Waals surface area contributed by atoms with Gasteiger partial charge < -0.3 is 0 Å². The molecule has 2 aliphatic rings. The molecule has 0 spiro atoms. The Morgan fingerprint density at radius 2 is 2.14 bits per heavy atom. The molecule has 0 bridgehead atoms. The molecule has 39 valence electrons. The molecular weight excluding hydrogens is 84.1 g/mol. The minimum absolute atomic E-state index is 1.11. The van der Waals surface area contributed by atoms with E-state index in [1.807, 2.05) is 5.92 Å². The predicted molar refractivity (Wildman–Crippen MR) is 29.8 cm³/mol. The highest BCUT2D eigenvalue weighted by Gasteiger charge is 2.34.